The zero-order valence-electron chi connectivity index (χ0n) is 10.4. The average Bonchev–Trinajstić information content (AvgIpc) is 2.54. The van der Waals surface area contributed by atoms with Gasteiger partial charge in [-0.3, -0.25) is 0 Å². The van der Waals surface area contributed by atoms with Crippen molar-refractivity contribution in [3.8, 4) is 59.5 Å². The SMILES string of the molecule is N=N/N=N/N=N/C#CC#CC#CC#CC#C/N=N/N=N/N=O. The van der Waals surface area contributed by atoms with Crippen LogP contribution in [0.5, 0.6) is 0 Å². The summed E-state index contributed by atoms with van der Waals surface area (Å²) in [6.45, 7) is 0. The average molecular weight is 291 g/mol. The van der Waals surface area contributed by atoms with Gasteiger partial charge in [-0.2, -0.15) is 5.53 Å². The third-order valence-electron chi connectivity index (χ3n) is 0.980. The van der Waals surface area contributed by atoms with E-state index in [2.05, 4.69) is 112 Å². The second-order valence-corrected chi connectivity index (χ2v) is 2.14. The van der Waals surface area contributed by atoms with Crippen molar-refractivity contribution < 1.29 is 0 Å². The van der Waals surface area contributed by atoms with Crippen LogP contribution in [0, 0.1) is 69.9 Å². The van der Waals surface area contributed by atoms with E-state index in [1.54, 1.807) is 0 Å². The van der Waals surface area contributed by atoms with Crippen molar-refractivity contribution in [3.05, 3.63) is 4.91 Å². The molecule has 0 saturated heterocycles. The van der Waals surface area contributed by atoms with Crippen molar-refractivity contribution in [1.82, 2.24) is 0 Å². The summed E-state index contributed by atoms with van der Waals surface area (Å²) in [5.41, 5.74) is 6.24. The van der Waals surface area contributed by atoms with E-state index in [1.807, 2.05) is 0 Å². The summed E-state index contributed by atoms with van der Waals surface area (Å²) < 4.78 is 0. The molecule has 0 aliphatic carbocycles. The zero-order valence-corrected chi connectivity index (χ0v) is 10.4. The van der Waals surface area contributed by atoms with Crippen LogP contribution < -0.4 is 0 Å². The number of nitrogens with one attached hydrogen (secondary N) is 1. The van der Waals surface area contributed by atoms with E-state index in [0.717, 1.165) is 0 Å². The lowest BCUT2D eigenvalue weighted by Gasteiger charge is -1.63. The summed E-state index contributed by atoms with van der Waals surface area (Å²) in [4.78, 5) is 9.44. The number of hydrogen-bond acceptors (Lipinski definition) is 4. The molecule has 12 heteroatoms. The lowest BCUT2D eigenvalue weighted by molar-refractivity contribution is 0.831. The van der Waals surface area contributed by atoms with Gasteiger partial charge in [-0.15, -0.1) is 4.91 Å². The second kappa shape index (κ2) is 16.4. The van der Waals surface area contributed by atoms with Gasteiger partial charge >= 0.3 is 0 Å². The molecule has 0 fully saturated rings. The highest BCUT2D eigenvalue weighted by atomic mass is 16.3. The molecule has 12 nitrogen and oxygen atoms in total. The van der Waals surface area contributed by atoms with Gasteiger partial charge in [0.2, 0.25) is 0 Å². The van der Waals surface area contributed by atoms with Gasteiger partial charge in [-0.25, -0.2) is 0 Å². The predicted molar refractivity (Wildman–Crippen MR) is 69.2 cm³/mol. The number of rotatable bonds is 4. The van der Waals surface area contributed by atoms with Crippen LogP contribution in [-0.4, -0.2) is 0 Å². The molecule has 0 amide bonds. The van der Waals surface area contributed by atoms with Gasteiger partial charge in [-0.1, -0.05) is 10.2 Å². The molecule has 0 rings (SSSR count). The van der Waals surface area contributed by atoms with Crippen LogP contribution >= 0.6 is 0 Å². The second-order valence-electron chi connectivity index (χ2n) is 2.14. The molecule has 0 aliphatic heterocycles. The highest BCUT2D eigenvalue weighted by molar-refractivity contribution is 5.42. The quantitative estimate of drug-likeness (QED) is 0.357. The first-order valence-electron chi connectivity index (χ1n) is 4.70. The van der Waals surface area contributed by atoms with Crippen molar-refractivity contribution in [1.29, 1.82) is 5.53 Å². The fourth-order valence-corrected chi connectivity index (χ4v) is 0.450. The molecule has 1 N–H and O–H groups in total. The molecule has 0 atom stereocenters. The smallest absolute Gasteiger partial charge is 0.102 e. The minimum atomic E-state index is 2.05. The van der Waals surface area contributed by atoms with Crippen LogP contribution in [0.4, 0.5) is 0 Å². The normalized spacial score (nSPS) is 8.55. The Balaban J connectivity index is 4.21. The van der Waals surface area contributed by atoms with E-state index >= 15 is 0 Å². The van der Waals surface area contributed by atoms with Crippen molar-refractivity contribution in [2.45, 2.75) is 0 Å². The monoisotopic (exact) mass is 291 g/mol. The summed E-state index contributed by atoms with van der Waals surface area (Å²) in [5.74, 6) is 18.7. The molecule has 0 aliphatic rings. The van der Waals surface area contributed by atoms with Crippen molar-refractivity contribution >= 4 is 0 Å². The number of nitroso groups, excluding NO2 is 1. The first-order valence-corrected chi connectivity index (χ1v) is 4.70. The molecule has 102 valence electrons. The molecule has 0 aromatic carbocycles. The molecule has 0 unspecified atom stereocenters. The first-order chi connectivity index (χ1) is 10.9. The minimum Gasteiger partial charge on any atom is -0.183 e. The van der Waals surface area contributed by atoms with E-state index in [4.69, 9.17) is 5.53 Å². The molecular formula is C10HN11O. The van der Waals surface area contributed by atoms with Crippen LogP contribution in [0.3, 0.4) is 0 Å². The lowest BCUT2D eigenvalue weighted by atomic mass is 10.5. The molecule has 0 heterocycles. The fraction of sp³-hybridized carbons (Fsp3) is 0. The molecule has 22 heavy (non-hydrogen) atoms. The summed E-state index contributed by atoms with van der Waals surface area (Å²) >= 11 is 0. The predicted octanol–water partition coefficient (Wildman–Crippen LogP) is 2.18. The van der Waals surface area contributed by atoms with Gasteiger partial charge < -0.3 is 0 Å². The van der Waals surface area contributed by atoms with Crippen molar-refractivity contribution in [2.24, 2.45) is 52.1 Å². The Morgan fingerprint density at radius 3 is 1.45 bits per heavy atom. The fourth-order valence-electron chi connectivity index (χ4n) is 0.450. The Labute approximate surface area is 123 Å². The molecule has 0 spiro atoms. The third kappa shape index (κ3) is 15.4. The van der Waals surface area contributed by atoms with Gasteiger partial charge in [0.25, 0.3) is 0 Å². The van der Waals surface area contributed by atoms with Crippen LogP contribution in [-0.2, 0) is 0 Å². The molecular weight excluding hydrogens is 290 g/mol. The van der Waals surface area contributed by atoms with Gasteiger partial charge in [0, 0.05) is 57.8 Å². The number of hydrogen-bond donors (Lipinski definition) is 1. The standard InChI is InChI=1S/C10HN11O/c11-14-17-18-15-12-9-7-5-3-1-2-4-6-8-10-13-16-19-20-21-22/h11H/b14-11?,15-12+,16-13+,18-17+,20-19+. The first kappa shape index (κ1) is 17.4. The topological polar surface area (TPSA) is 165 Å². The Morgan fingerprint density at radius 2 is 1.00 bits per heavy atom. The molecule has 0 aromatic heterocycles. The lowest BCUT2D eigenvalue weighted by Crippen LogP contribution is -1.55. The summed E-state index contributed by atoms with van der Waals surface area (Å²) in [7, 11) is 0. The Hall–Kier alpha value is -4.60. The van der Waals surface area contributed by atoms with Gasteiger partial charge in [0.1, 0.15) is 5.29 Å². The van der Waals surface area contributed by atoms with Crippen LogP contribution in [0.25, 0.3) is 0 Å². The minimum absolute atomic E-state index is 2.05. The molecule has 0 saturated carbocycles. The maximum absolute atomic E-state index is 9.44. The molecule has 0 bridgehead atoms. The maximum atomic E-state index is 9.44. The van der Waals surface area contributed by atoms with Gasteiger partial charge in [0.05, 0.1) is 12.1 Å². The largest absolute Gasteiger partial charge is 0.183 e. The van der Waals surface area contributed by atoms with Crippen LogP contribution in [0.15, 0.2) is 52.1 Å². The van der Waals surface area contributed by atoms with E-state index < -0.39 is 0 Å². The Kier molecular flexibility index (Phi) is 13.0. The summed E-state index contributed by atoms with van der Waals surface area (Å²) in [6.07, 6.45) is 0. The highest BCUT2D eigenvalue weighted by Gasteiger charge is 1.64. The van der Waals surface area contributed by atoms with E-state index in [-0.39, 0.29) is 0 Å². The Bertz CT molecular complexity index is 741. The van der Waals surface area contributed by atoms with Crippen LogP contribution in [0.1, 0.15) is 0 Å². The highest BCUT2D eigenvalue weighted by Crippen LogP contribution is 1.78. The zero-order chi connectivity index (χ0) is 16.1. The van der Waals surface area contributed by atoms with E-state index in [9.17, 15) is 4.91 Å². The maximum Gasteiger partial charge on any atom is 0.102 e. The van der Waals surface area contributed by atoms with Gasteiger partial charge in [-0.05, 0) is 26.1 Å². The third-order valence-corrected chi connectivity index (χ3v) is 0.980. The summed E-state index contributed by atoms with van der Waals surface area (Å²) in [6, 6.07) is 4.31. The van der Waals surface area contributed by atoms with E-state index in [0.29, 0.717) is 0 Å². The molecule has 0 radical (unpaired) electrons. The molecule has 0 aromatic rings. The van der Waals surface area contributed by atoms with Crippen LogP contribution in [0.2, 0.25) is 0 Å². The van der Waals surface area contributed by atoms with Crippen molar-refractivity contribution in [2.75, 3.05) is 0 Å². The summed E-state index contributed by atoms with van der Waals surface area (Å²) in [5, 5.41) is 28.3. The Morgan fingerprint density at radius 1 is 0.545 bits per heavy atom. The van der Waals surface area contributed by atoms with E-state index in [1.165, 1.54) is 0 Å². The number of nitrogens with zero attached hydrogens (tertiary/aromatic N) is 10. The van der Waals surface area contributed by atoms with Crippen molar-refractivity contribution in [3.63, 3.8) is 0 Å². The van der Waals surface area contributed by atoms with Gasteiger partial charge in [0.15, 0.2) is 0 Å².